The van der Waals surface area contributed by atoms with E-state index in [1.54, 1.807) is 0 Å². The molecule has 0 saturated heterocycles. The average molecular weight is 423 g/mol. The molecule has 152 valence electrons. The summed E-state index contributed by atoms with van der Waals surface area (Å²) in [6, 6.07) is 20.8. The first-order valence-electron chi connectivity index (χ1n) is 11.2. The van der Waals surface area contributed by atoms with Crippen LogP contribution in [-0.4, -0.2) is 6.15 Å². The molecule has 0 nitrogen and oxygen atoms in total. The maximum absolute atomic E-state index is 2.40. The number of hydrogen-bond acceptors (Lipinski definition) is 0. The van der Waals surface area contributed by atoms with Crippen LogP contribution in [0.4, 0.5) is 0 Å². The zero-order chi connectivity index (χ0) is 21.2. The first kappa shape index (κ1) is 25.6. The summed E-state index contributed by atoms with van der Waals surface area (Å²) in [5, 5.41) is 0. The van der Waals surface area contributed by atoms with Gasteiger partial charge in [0, 0.05) is 0 Å². The van der Waals surface area contributed by atoms with Crippen molar-refractivity contribution in [1.29, 1.82) is 0 Å². The molecule has 0 fully saturated rings. The molecule has 0 N–H and O–H groups in total. The van der Waals surface area contributed by atoms with Crippen LogP contribution < -0.4 is 67.8 Å². The Morgan fingerprint density at radius 1 is 0.567 bits per heavy atom. The van der Waals surface area contributed by atoms with E-state index in [9.17, 15) is 0 Å². The van der Waals surface area contributed by atoms with Gasteiger partial charge in [-0.3, -0.25) is 0 Å². The van der Waals surface area contributed by atoms with E-state index in [1.165, 1.54) is 68.9 Å². The summed E-state index contributed by atoms with van der Waals surface area (Å²) in [7, 11) is 0. The molecule has 0 aromatic heterocycles. The van der Waals surface area contributed by atoms with Crippen LogP contribution in [-0.2, 0) is 0 Å². The van der Waals surface area contributed by atoms with Crippen LogP contribution in [0.25, 0.3) is 0 Å². The van der Waals surface area contributed by atoms with E-state index in [0.717, 1.165) is 0 Å². The van der Waals surface area contributed by atoms with Crippen LogP contribution in [0.5, 0.6) is 0 Å². The number of hydrogen-bond donors (Lipinski definition) is 0. The summed E-state index contributed by atoms with van der Waals surface area (Å²) in [5.74, 6) is 0. The van der Waals surface area contributed by atoms with Crippen LogP contribution >= 0.6 is 0 Å². The molecule has 0 unspecified atom stereocenters. The van der Waals surface area contributed by atoms with Crippen molar-refractivity contribution < 1.29 is 51.4 Å². The first-order chi connectivity index (χ1) is 13.8. The summed E-state index contributed by atoms with van der Waals surface area (Å²) >= 11 is 0. The Morgan fingerprint density at radius 2 is 0.900 bits per heavy atom. The van der Waals surface area contributed by atoms with Gasteiger partial charge >= 0.3 is 51.4 Å². The van der Waals surface area contributed by atoms with Crippen molar-refractivity contribution in [1.82, 2.24) is 0 Å². The Labute approximate surface area is 227 Å². The van der Waals surface area contributed by atoms with Crippen molar-refractivity contribution in [3.05, 3.63) is 88.0 Å². The molecule has 3 aromatic carbocycles. The average Bonchev–Trinajstić information content (AvgIpc) is 2.70. The molecule has 0 spiro atoms. The van der Waals surface area contributed by atoms with Gasteiger partial charge in [0.1, 0.15) is 0 Å². The molecule has 0 heterocycles. The standard InChI is InChI=1S/C28H36B.K/c1-8-9-19-29(26-16-10-13-20(2)23(26)5,27-17-11-14-21(3)24(27)6)28-18-12-15-22(4)25(28)7;/h10-18H,8-9,19H2,1-7H3;/q-1;+1. The minimum atomic E-state index is -1.05. The first-order valence-corrected chi connectivity index (χ1v) is 11.2. The van der Waals surface area contributed by atoms with Gasteiger partial charge < -0.3 is 0 Å². The molecule has 2 heteroatoms. The number of unbranched alkanes of at least 4 members (excludes halogenated alkanes) is 1. The van der Waals surface area contributed by atoms with Crippen molar-refractivity contribution in [2.24, 2.45) is 0 Å². The second-order valence-corrected chi connectivity index (χ2v) is 9.06. The van der Waals surface area contributed by atoms with E-state index in [4.69, 9.17) is 0 Å². The maximum atomic E-state index is 2.40. The predicted molar refractivity (Wildman–Crippen MR) is 132 cm³/mol. The van der Waals surface area contributed by atoms with Crippen molar-refractivity contribution in [2.45, 2.75) is 67.6 Å². The summed E-state index contributed by atoms with van der Waals surface area (Å²) in [4.78, 5) is 0. The molecule has 0 aliphatic heterocycles. The van der Waals surface area contributed by atoms with E-state index in [0.29, 0.717) is 0 Å². The third-order valence-corrected chi connectivity index (χ3v) is 7.52. The van der Waals surface area contributed by atoms with Crippen LogP contribution in [0.1, 0.15) is 53.1 Å². The van der Waals surface area contributed by atoms with Gasteiger partial charge in [0.05, 0.1) is 6.15 Å². The molecule has 0 saturated carbocycles. The zero-order valence-corrected chi connectivity index (χ0v) is 23.5. The fourth-order valence-electron chi connectivity index (χ4n) is 5.40. The van der Waals surface area contributed by atoms with Crippen molar-refractivity contribution in [2.75, 3.05) is 0 Å². The van der Waals surface area contributed by atoms with E-state index in [2.05, 4.69) is 103 Å². The van der Waals surface area contributed by atoms with E-state index in [1.807, 2.05) is 0 Å². The van der Waals surface area contributed by atoms with Crippen molar-refractivity contribution in [3.8, 4) is 0 Å². The normalized spacial score (nSPS) is 11.3. The molecule has 0 bridgehead atoms. The third-order valence-electron chi connectivity index (χ3n) is 7.52. The predicted octanol–water partition coefficient (Wildman–Crippen LogP) is 2.81. The fraction of sp³-hybridized carbons (Fsp3) is 0.357. The Balaban J connectivity index is 0.00000320. The quantitative estimate of drug-likeness (QED) is 0.536. The molecule has 0 aliphatic carbocycles. The Hall–Kier alpha value is -0.639. The Kier molecular flexibility index (Phi) is 9.21. The van der Waals surface area contributed by atoms with E-state index < -0.39 is 6.15 Å². The van der Waals surface area contributed by atoms with Gasteiger partial charge in [-0.15, -0.1) is 0 Å². The number of rotatable bonds is 6. The van der Waals surface area contributed by atoms with Crippen LogP contribution in [0.2, 0.25) is 6.32 Å². The SMILES string of the molecule is CCCC[B-](c1cccc(C)c1C)(c1cccc(C)c1C)c1cccc(C)c1C.[K+]. The minimum Gasteiger partial charge on any atom is -0.197 e. The summed E-state index contributed by atoms with van der Waals surface area (Å²) in [6.45, 7) is 16.1. The van der Waals surface area contributed by atoms with Gasteiger partial charge in [-0.05, 0) is 41.5 Å². The van der Waals surface area contributed by atoms with Crippen molar-refractivity contribution >= 4 is 22.5 Å². The molecular weight excluding hydrogens is 386 g/mol. The minimum absolute atomic E-state index is 0. The van der Waals surface area contributed by atoms with Gasteiger partial charge in [0.2, 0.25) is 0 Å². The molecule has 0 radical (unpaired) electrons. The molecule has 3 rings (SSSR count). The van der Waals surface area contributed by atoms with Crippen LogP contribution in [0.15, 0.2) is 54.6 Å². The van der Waals surface area contributed by atoms with Crippen LogP contribution in [0, 0.1) is 41.5 Å². The zero-order valence-electron chi connectivity index (χ0n) is 20.4. The van der Waals surface area contributed by atoms with Gasteiger partial charge in [0.25, 0.3) is 0 Å². The van der Waals surface area contributed by atoms with E-state index in [-0.39, 0.29) is 51.4 Å². The Bertz CT molecular complexity index is 894. The number of benzene rings is 3. The van der Waals surface area contributed by atoms with Gasteiger partial charge in [0.15, 0.2) is 0 Å². The fourth-order valence-corrected chi connectivity index (χ4v) is 5.40. The van der Waals surface area contributed by atoms with Crippen molar-refractivity contribution in [3.63, 3.8) is 0 Å². The molecule has 0 amide bonds. The van der Waals surface area contributed by atoms with Gasteiger partial charge in [-0.1, -0.05) is 108 Å². The maximum Gasteiger partial charge on any atom is 1.00 e. The number of aryl methyl sites for hydroxylation is 3. The summed E-state index contributed by atoms with van der Waals surface area (Å²) < 4.78 is 0. The molecule has 0 aliphatic rings. The molecule has 0 atom stereocenters. The second kappa shape index (κ2) is 10.8. The summed E-state index contributed by atoms with van der Waals surface area (Å²) in [6.07, 6.45) is 2.59. The molecule has 3 aromatic rings. The van der Waals surface area contributed by atoms with Crippen LogP contribution in [0.3, 0.4) is 0 Å². The van der Waals surface area contributed by atoms with Gasteiger partial charge in [-0.25, -0.2) is 0 Å². The van der Waals surface area contributed by atoms with Gasteiger partial charge in [-0.2, -0.15) is 22.7 Å². The largest absolute Gasteiger partial charge is 1.00 e. The smallest absolute Gasteiger partial charge is 0.197 e. The molecular formula is C28H36BK. The monoisotopic (exact) mass is 422 g/mol. The third kappa shape index (κ3) is 4.59. The summed E-state index contributed by atoms with van der Waals surface area (Å²) in [5.41, 5.74) is 13.1. The van der Waals surface area contributed by atoms with E-state index >= 15 is 0 Å². The Morgan fingerprint density at radius 3 is 1.20 bits per heavy atom. The topological polar surface area (TPSA) is 0 Å². The molecule has 30 heavy (non-hydrogen) atoms. The second-order valence-electron chi connectivity index (χ2n) is 9.06.